The van der Waals surface area contributed by atoms with Gasteiger partial charge in [0.25, 0.3) is 0 Å². The molecule has 0 aliphatic heterocycles. The molecule has 0 N–H and O–H groups in total. The van der Waals surface area contributed by atoms with E-state index in [-0.39, 0.29) is 36.1 Å². The molecule has 1 unspecified atom stereocenters. The summed E-state index contributed by atoms with van der Waals surface area (Å²) in [6, 6.07) is 10.5. The van der Waals surface area contributed by atoms with Crippen LogP contribution >= 0.6 is 9.90 Å². The van der Waals surface area contributed by atoms with Crippen molar-refractivity contribution >= 4 is 16.0 Å². The van der Waals surface area contributed by atoms with Crippen molar-refractivity contribution < 1.29 is 26.2 Å². The van der Waals surface area contributed by atoms with Gasteiger partial charge < -0.3 is 18.2 Å². The average molecular weight is 227 g/mol. The maximum absolute atomic E-state index is 5.19. The first-order valence-electron chi connectivity index (χ1n) is 2.45. The van der Waals surface area contributed by atoms with Gasteiger partial charge in [-0.05, 0) is 0 Å². The molecule has 0 saturated carbocycles. The van der Waals surface area contributed by atoms with Crippen molar-refractivity contribution in [1.82, 2.24) is 0 Å². The van der Waals surface area contributed by atoms with Crippen molar-refractivity contribution in [3.05, 3.63) is 42.5 Å². The molecular formula is C8H9PZr. The van der Waals surface area contributed by atoms with E-state index < -0.39 is 0 Å². The van der Waals surface area contributed by atoms with Gasteiger partial charge in [-0.15, -0.1) is 6.07 Å². The zero-order valence-electron chi connectivity index (χ0n) is 5.67. The molecule has 0 aliphatic rings. The first-order chi connectivity index (χ1) is 3.93. The van der Waals surface area contributed by atoms with Crippen LogP contribution in [0.3, 0.4) is 0 Å². The minimum atomic E-state index is 0. The van der Waals surface area contributed by atoms with Gasteiger partial charge in [0.1, 0.15) is 0 Å². The van der Waals surface area contributed by atoms with Gasteiger partial charge in [-0.25, -0.2) is 12.1 Å². The molecule has 2 heteroatoms. The Hall–Kier alpha value is 0.273. The monoisotopic (exact) mass is 226 g/mol. The van der Waals surface area contributed by atoms with E-state index in [9.17, 15) is 0 Å². The minimum Gasteiger partial charge on any atom is -0.344 e. The third-order valence-electron chi connectivity index (χ3n) is 0.913. The summed E-state index contributed by atoms with van der Waals surface area (Å²) in [6.45, 7) is 5.19. The van der Waals surface area contributed by atoms with Gasteiger partial charge >= 0.3 is 26.2 Å². The summed E-state index contributed by atoms with van der Waals surface area (Å²) in [6.07, 6.45) is 1.53. The second kappa shape index (κ2) is 7.38. The Morgan fingerprint density at radius 2 is 2.10 bits per heavy atom. The van der Waals surface area contributed by atoms with Crippen molar-refractivity contribution in [2.75, 3.05) is 0 Å². The van der Waals surface area contributed by atoms with Crippen LogP contribution in [0.2, 0.25) is 0 Å². The van der Waals surface area contributed by atoms with Crippen molar-refractivity contribution in [2.45, 2.75) is 0 Å². The van der Waals surface area contributed by atoms with Gasteiger partial charge in [0.15, 0.2) is 0 Å². The van der Waals surface area contributed by atoms with Crippen LogP contribution in [0.4, 0.5) is 0 Å². The topological polar surface area (TPSA) is 0 Å². The van der Waals surface area contributed by atoms with Crippen molar-refractivity contribution in [3.8, 4) is 0 Å². The van der Waals surface area contributed by atoms with E-state index >= 15 is 0 Å². The molecule has 0 radical (unpaired) electrons. The van der Waals surface area contributed by atoms with Gasteiger partial charge in [-0.2, -0.15) is 22.0 Å². The SMILES string of the molecule is P.[CH-]=Cc1[c-]cccc1.[Zr+2]. The van der Waals surface area contributed by atoms with Crippen LogP contribution in [0, 0.1) is 12.6 Å². The van der Waals surface area contributed by atoms with E-state index in [2.05, 4.69) is 6.07 Å². The molecule has 1 aromatic carbocycles. The first-order valence-corrected chi connectivity index (χ1v) is 2.45. The van der Waals surface area contributed by atoms with Gasteiger partial charge in [0, 0.05) is 0 Å². The van der Waals surface area contributed by atoms with Crippen LogP contribution in [0.5, 0.6) is 0 Å². The van der Waals surface area contributed by atoms with Crippen LogP contribution in [-0.2, 0) is 26.2 Å². The molecule has 0 aromatic heterocycles. The number of benzene rings is 1. The van der Waals surface area contributed by atoms with Gasteiger partial charge in [-0.1, -0.05) is 0 Å². The van der Waals surface area contributed by atoms with Crippen molar-refractivity contribution in [1.29, 1.82) is 0 Å². The van der Waals surface area contributed by atoms with Gasteiger partial charge in [-0.3, -0.25) is 0 Å². The van der Waals surface area contributed by atoms with E-state index in [1.54, 1.807) is 0 Å². The zero-order chi connectivity index (χ0) is 5.82. The average Bonchev–Trinajstić information content (AvgIpc) is 1.90. The largest absolute Gasteiger partial charge is 2.00 e. The van der Waals surface area contributed by atoms with E-state index in [1.807, 2.05) is 24.3 Å². The molecule has 10 heavy (non-hydrogen) atoms. The molecule has 1 rings (SSSR count). The van der Waals surface area contributed by atoms with E-state index in [1.165, 1.54) is 6.08 Å². The van der Waals surface area contributed by atoms with Crippen LogP contribution in [0.15, 0.2) is 24.3 Å². The normalized spacial score (nSPS) is 6.80. The van der Waals surface area contributed by atoms with Crippen LogP contribution in [0.25, 0.3) is 6.08 Å². The van der Waals surface area contributed by atoms with Crippen LogP contribution < -0.4 is 0 Å². The summed E-state index contributed by atoms with van der Waals surface area (Å²) in [5.41, 5.74) is 0.938. The molecule has 1 atom stereocenters. The minimum absolute atomic E-state index is 0. The third kappa shape index (κ3) is 4.15. The molecular weight excluding hydrogens is 218 g/mol. The summed E-state index contributed by atoms with van der Waals surface area (Å²) in [5.74, 6) is 0. The second-order valence-electron chi connectivity index (χ2n) is 1.48. The second-order valence-corrected chi connectivity index (χ2v) is 1.48. The summed E-state index contributed by atoms with van der Waals surface area (Å²) >= 11 is 0. The number of hydrogen-bond donors (Lipinski definition) is 0. The van der Waals surface area contributed by atoms with Crippen molar-refractivity contribution in [3.63, 3.8) is 0 Å². The molecule has 0 bridgehead atoms. The Bertz CT molecular complexity index is 172. The summed E-state index contributed by atoms with van der Waals surface area (Å²) in [7, 11) is 0. The van der Waals surface area contributed by atoms with Gasteiger partial charge in [0.2, 0.25) is 0 Å². The van der Waals surface area contributed by atoms with E-state index in [0.717, 1.165) is 5.56 Å². The number of hydrogen-bond acceptors (Lipinski definition) is 0. The molecule has 0 spiro atoms. The summed E-state index contributed by atoms with van der Waals surface area (Å²) in [5, 5.41) is 0. The fourth-order valence-electron chi connectivity index (χ4n) is 0.511. The number of rotatable bonds is 1. The maximum Gasteiger partial charge on any atom is 2.00 e. The van der Waals surface area contributed by atoms with Gasteiger partial charge in [0.05, 0.1) is 0 Å². The predicted molar refractivity (Wildman–Crippen MR) is 45.1 cm³/mol. The van der Waals surface area contributed by atoms with Crippen molar-refractivity contribution in [2.24, 2.45) is 0 Å². The molecule has 0 amide bonds. The zero-order valence-corrected chi connectivity index (χ0v) is 9.54. The smallest absolute Gasteiger partial charge is 0.344 e. The fourth-order valence-corrected chi connectivity index (χ4v) is 0.511. The molecule has 0 fully saturated rings. The van der Waals surface area contributed by atoms with E-state index in [4.69, 9.17) is 6.58 Å². The predicted octanol–water partition coefficient (Wildman–Crippen LogP) is 1.99. The summed E-state index contributed by atoms with van der Waals surface area (Å²) in [4.78, 5) is 0. The maximum atomic E-state index is 5.19. The molecule has 1 aromatic rings. The Labute approximate surface area is 84.5 Å². The molecule has 0 nitrogen and oxygen atoms in total. The van der Waals surface area contributed by atoms with Crippen LogP contribution in [-0.4, -0.2) is 0 Å². The molecule has 0 saturated heterocycles. The Morgan fingerprint density at radius 1 is 1.40 bits per heavy atom. The molecule has 0 heterocycles. The molecule has 0 aliphatic carbocycles. The van der Waals surface area contributed by atoms with E-state index in [0.29, 0.717) is 0 Å². The third-order valence-corrected chi connectivity index (χ3v) is 0.913. The standard InChI is InChI=1S/C8H6.H3P.Zr/c1-2-8-6-4-3-5-7-8;;/h1-6H;1H3;/q-2;;+2. The van der Waals surface area contributed by atoms with Crippen LogP contribution in [0.1, 0.15) is 5.56 Å². The fraction of sp³-hybridized carbons (Fsp3) is 0. The quantitative estimate of drug-likeness (QED) is 0.508. The molecule has 50 valence electrons. The summed E-state index contributed by atoms with van der Waals surface area (Å²) < 4.78 is 0. The Morgan fingerprint density at radius 3 is 2.40 bits per heavy atom. The Balaban J connectivity index is 0. The first kappa shape index (κ1) is 12.9. The Kier molecular flexibility index (Phi) is 9.53.